The molecule has 1 aromatic heterocycles. The van der Waals surface area contributed by atoms with Gasteiger partial charge in [0.05, 0.1) is 12.4 Å². The maximum absolute atomic E-state index is 6.41. The zero-order chi connectivity index (χ0) is 17.8. The number of rotatable bonds is 6. The minimum atomic E-state index is -0.0364. The van der Waals surface area contributed by atoms with Crippen LogP contribution in [0.2, 0.25) is 20.1 Å². The van der Waals surface area contributed by atoms with E-state index in [0.29, 0.717) is 33.2 Å². The van der Waals surface area contributed by atoms with Crippen molar-refractivity contribution in [1.82, 2.24) is 14.9 Å². The summed E-state index contributed by atoms with van der Waals surface area (Å²) in [7, 11) is 0. The fraction of sp³-hybridized carbons (Fsp3) is 0.167. The number of imidazole rings is 1. The van der Waals surface area contributed by atoms with Gasteiger partial charge in [0, 0.05) is 45.6 Å². The van der Waals surface area contributed by atoms with Crippen LogP contribution in [0.1, 0.15) is 17.2 Å². The molecule has 1 unspecified atom stereocenters. The topological polar surface area (TPSA) is 29.9 Å². The number of hydrogen-bond acceptors (Lipinski definition) is 2. The molecule has 2 aromatic carbocycles. The summed E-state index contributed by atoms with van der Waals surface area (Å²) in [5.74, 6) is 0. The Morgan fingerprint density at radius 3 is 2.32 bits per heavy atom. The van der Waals surface area contributed by atoms with Crippen molar-refractivity contribution < 1.29 is 0 Å². The van der Waals surface area contributed by atoms with Gasteiger partial charge in [0.15, 0.2) is 0 Å². The monoisotopic (exact) mass is 413 g/mol. The van der Waals surface area contributed by atoms with Gasteiger partial charge >= 0.3 is 0 Å². The molecule has 0 radical (unpaired) electrons. The van der Waals surface area contributed by atoms with Crippen LogP contribution in [0.15, 0.2) is 55.1 Å². The van der Waals surface area contributed by atoms with Crippen LogP contribution in [0.25, 0.3) is 0 Å². The summed E-state index contributed by atoms with van der Waals surface area (Å²) in [6.07, 6.45) is 5.43. The summed E-state index contributed by atoms with van der Waals surface area (Å²) in [5, 5.41) is 5.98. The highest BCUT2D eigenvalue weighted by molar-refractivity contribution is 6.35. The SMILES string of the molecule is Clc1ccc(CNC(Cn2ccnc2)c2ccc(Cl)cc2Cl)c(Cl)c1. The first-order chi connectivity index (χ1) is 12.0. The third-order valence-corrected chi connectivity index (χ3v) is 4.99. The number of nitrogens with zero attached hydrogens (tertiary/aromatic N) is 2. The van der Waals surface area contributed by atoms with E-state index in [9.17, 15) is 0 Å². The molecule has 0 aliphatic heterocycles. The molecule has 3 aromatic rings. The van der Waals surface area contributed by atoms with Crippen molar-refractivity contribution in [2.24, 2.45) is 0 Å². The van der Waals surface area contributed by atoms with Gasteiger partial charge in [0.2, 0.25) is 0 Å². The number of halogens is 4. The third-order valence-electron chi connectivity index (χ3n) is 3.84. The van der Waals surface area contributed by atoms with Crippen LogP contribution >= 0.6 is 46.4 Å². The quantitative estimate of drug-likeness (QED) is 0.533. The lowest BCUT2D eigenvalue weighted by molar-refractivity contribution is 0.462. The molecule has 0 fully saturated rings. The first kappa shape index (κ1) is 18.6. The summed E-state index contributed by atoms with van der Waals surface area (Å²) in [6, 6.07) is 10.9. The van der Waals surface area contributed by atoms with Gasteiger partial charge < -0.3 is 9.88 Å². The minimum Gasteiger partial charge on any atom is -0.336 e. The molecule has 0 spiro atoms. The molecule has 0 saturated carbocycles. The Hall–Kier alpha value is -1.23. The molecule has 0 saturated heterocycles. The molecule has 3 rings (SSSR count). The molecule has 0 aliphatic rings. The molecular weight excluding hydrogens is 400 g/mol. The molecule has 130 valence electrons. The fourth-order valence-electron chi connectivity index (χ4n) is 2.56. The Labute approximate surface area is 166 Å². The zero-order valence-electron chi connectivity index (χ0n) is 13.1. The highest BCUT2D eigenvalue weighted by atomic mass is 35.5. The Balaban J connectivity index is 1.83. The number of benzene rings is 2. The molecule has 0 aliphatic carbocycles. The molecule has 7 heteroatoms. The van der Waals surface area contributed by atoms with Crippen LogP contribution in [-0.2, 0) is 13.1 Å². The summed E-state index contributed by atoms with van der Waals surface area (Å²) < 4.78 is 1.99. The van der Waals surface area contributed by atoms with E-state index in [1.54, 1.807) is 24.7 Å². The number of aromatic nitrogens is 2. The normalized spacial score (nSPS) is 12.3. The summed E-state index contributed by atoms with van der Waals surface area (Å²) >= 11 is 24.7. The molecule has 0 bridgehead atoms. The van der Waals surface area contributed by atoms with E-state index in [2.05, 4.69) is 10.3 Å². The van der Waals surface area contributed by atoms with Gasteiger partial charge in [-0.05, 0) is 35.4 Å². The first-order valence-electron chi connectivity index (χ1n) is 7.61. The van der Waals surface area contributed by atoms with E-state index in [1.165, 1.54) is 0 Å². The van der Waals surface area contributed by atoms with Gasteiger partial charge in [0.1, 0.15) is 0 Å². The van der Waals surface area contributed by atoms with Crippen molar-refractivity contribution in [3.63, 3.8) is 0 Å². The van der Waals surface area contributed by atoms with Gasteiger partial charge in [-0.15, -0.1) is 0 Å². The number of hydrogen-bond donors (Lipinski definition) is 1. The highest BCUT2D eigenvalue weighted by Gasteiger charge is 2.16. The Morgan fingerprint density at radius 1 is 0.960 bits per heavy atom. The summed E-state index contributed by atoms with van der Waals surface area (Å²) in [6.45, 7) is 1.25. The zero-order valence-corrected chi connectivity index (χ0v) is 16.1. The van der Waals surface area contributed by atoms with Gasteiger partial charge in [-0.2, -0.15) is 0 Å². The average Bonchev–Trinajstić information content (AvgIpc) is 3.06. The second kappa shape index (κ2) is 8.43. The summed E-state index contributed by atoms with van der Waals surface area (Å²) in [5.41, 5.74) is 1.93. The second-order valence-corrected chi connectivity index (χ2v) is 7.28. The second-order valence-electron chi connectivity index (χ2n) is 5.59. The van der Waals surface area contributed by atoms with E-state index in [1.807, 2.05) is 35.0 Å². The lowest BCUT2D eigenvalue weighted by atomic mass is 10.1. The maximum Gasteiger partial charge on any atom is 0.0946 e. The van der Waals surface area contributed by atoms with E-state index in [-0.39, 0.29) is 6.04 Å². The number of nitrogens with one attached hydrogen (secondary N) is 1. The van der Waals surface area contributed by atoms with Crippen LogP contribution in [0, 0.1) is 0 Å². The van der Waals surface area contributed by atoms with Crippen LogP contribution in [0.5, 0.6) is 0 Å². The third kappa shape index (κ3) is 4.90. The minimum absolute atomic E-state index is 0.0364. The maximum atomic E-state index is 6.41. The summed E-state index contributed by atoms with van der Waals surface area (Å²) in [4.78, 5) is 4.09. The Morgan fingerprint density at radius 2 is 1.68 bits per heavy atom. The van der Waals surface area contributed by atoms with Crippen molar-refractivity contribution in [2.75, 3.05) is 0 Å². The molecule has 1 heterocycles. The van der Waals surface area contributed by atoms with Crippen LogP contribution < -0.4 is 5.32 Å². The van der Waals surface area contributed by atoms with E-state index in [4.69, 9.17) is 46.4 Å². The fourth-order valence-corrected chi connectivity index (χ4v) is 3.58. The van der Waals surface area contributed by atoms with E-state index in [0.717, 1.165) is 11.1 Å². The van der Waals surface area contributed by atoms with Gasteiger partial charge in [-0.1, -0.05) is 58.5 Å². The lowest BCUT2D eigenvalue weighted by Crippen LogP contribution is -2.25. The van der Waals surface area contributed by atoms with E-state index >= 15 is 0 Å². The molecule has 1 atom stereocenters. The standard InChI is InChI=1S/C18H15Cl4N3/c19-13-2-1-12(16(21)7-13)9-24-18(10-25-6-5-23-11-25)15-4-3-14(20)8-17(15)22/h1-8,11,18,24H,9-10H2. The van der Waals surface area contributed by atoms with Crippen LogP contribution in [0.3, 0.4) is 0 Å². The lowest BCUT2D eigenvalue weighted by Gasteiger charge is -2.21. The van der Waals surface area contributed by atoms with Crippen LogP contribution in [-0.4, -0.2) is 9.55 Å². The largest absolute Gasteiger partial charge is 0.336 e. The van der Waals surface area contributed by atoms with E-state index < -0.39 is 0 Å². The van der Waals surface area contributed by atoms with Crippen molar-refractivity contribution in [3.05, 3.63) is 86.3 Å². The molecule has 3 nitrogen and oxygen atoms in total. The highest BCUT2D eigenvalue weighted by Crippen LogP contribution is 2.28. The average molecular weight is 415 g/mol. The van der Waals surface area contributed by atoms with Gasteiger partial charge in [-0.25, -0.2) is 4.98 Å². The predicted molar refractivity (Wildman–Crippen MR) is 105 cm³/mol. The molecule has 1 N–H and O–H groups in total. The Kier molecular flexibility index (Phi) is 6.26. The predicted octanol–water partition coefficient (Wildman–Crippen LogP) is 6.03. The van der Waals surface area contributed by atoms with Gasteiger partial charge in [0.25, 0.3) is 0 Å². The van der Waals surface area contributed by atoms with Crippen LogP contribution in [0.4, 0.5) is 0 Å². The van der Waals surface area contributed by atoms with Crippen molar-refractivity contribution in [3.8, 4) is 0 Å². The smallest absolute Gasteiger partial charge is 0.0946 e. The Bertz CT molecular complexity index is 850. The van der Waals surface area contributed by atoms with Crippen molar-refractivity contribution in [1.29, 1.82) is 0 Å². The molecule has 25 heavy (non-hydrogen) atoms. The first-order valence-corrected chi connectivity index (χ1v) is 9.12. The van der Waals surface area contributed by atoms with Gasteiger partial charge in [-0.3, -0.25) is 0 Å². The molecular formula is C18H15Cl4N3. The van der Waals surface area contributed by atoms with Crippen molar-refractivity contribution in [2.45, 2.75) is 19.1 Å². The molecule has 0 amide bonds. The van der Waals surface area contributed by atoms with Crippen molar-refractivity contribution >= 4 is 46.4 Å².